The van der Waals surface area contributed by atoms with Crippen LogP contribution in [0.25, 0.3) is 0 Å². The van der Waals surface area contributed by atoms with Crippen LogP contribution >= 0.6 is 0 Å². The first-order chi connectivity index (χ1) is 6.93. The van der Waals surface area contributed by atoms with Crippen LogP contribution in [0.4, 0.5) is 0 Å². The predicted octanol–water partition coefficient (Wildman–Crippen LogP) is -3.47. The first-order valence-corrected chi connectivity index (χ1v) is 4.59. The molecule has 0 aromatic carbocycles. The van der Waals surface area contributed by atoms with E-state index in [0.29, 0.717) is 0 Å². The highest BCUT2D eigenvalue weighted by Crippen LogP contribution is 2.28. The van der Waals surface area contributed by atoms with Crippen LogP contribution in [0, 0.1) is 0 Å². The number of aliphatic hydroxyl groups is 6. The molecule has 0 spiro atoms. The van der Waals surface area contributed by atoms with Gasteiger partial charge in [0.15, 0.2) is 5.79 Å². The minimum absolute atomic E-state index is 0.362. The molecular formula is C8H16O7. The van der Waals surface area contributed by atoms with Crippen molar-refractivity contribution in [3.8, 4) is 0 Å². The van der Waals surface area contributed by atoms with E-state index in [1.165, 1.54) is 0 Å². The number of hydrogen-bond acceptors (Lipinski definition) is 7. The van der Waals surface area contributed by atoms with Gasteiger partial charge in [-0.05, 0) is 0 Å². The van der Waals surface area contributed by atoms with Crippen LogP contribution in [0.1, 0.15) is 6.42 Å². The zero-order valence-electron chi connectivity index (χ0n) is 8.02. The van der Waals surface area contributed by atoms with Crippen molar-refractivity contribution in [2.75, 3.05) is 13.2 Å². The van der Waals surface area contributed by atoms with E-state index in [1.807, 2.05) is 0 Å². The smallest absolute Gasteiger partial charge is 0.192 e. The van der Waals surface area contributed by atoms with Crippen molar-refractivity contribution in [2.45, 2.75) is 36.6 Å². The summed E-state index contributed by atoms with van der Waals surface area (Å²) in [6.07, 6.45) is -5.88. The summed E-state index contributed by atoms with van der Waals surface area (Å²) >= 11 is 0. The van der Waals surface area contributed by atoms with Crippen molar-refractivity contribution in [1.29, 1.82) is 0 Å². The summed E-state index contributed by atoms with van der Waals surface area (Å²) < 4.78 is 4.84. The highest BCUT2D eigenvalue weighted by atomic mass is 16.7. The minimum atomic E-state index is -2.00. The SMILES string of the molecule is OC[C@@H](O)[C@H]1O[C@@](O)(CO)C[C@@H](O)[C@H]1O. The molecule has 0 bridgehead atoms. The molecule has 1 aliphatic rings. The normalized spacial score (nSPS) is 44.0. The monoisotopic (exact) mass is 224 g/mol. The Morgan fingerprint density at radius 2 is 1.93 bits per heavy atom. The van der Waals surface area contributed by atoms with Crippen molar-refractivity contribution in [2.24, 2.45) is 0 Å². The Kier molecular flexibility index (Phi) is 4.01. The van der Waals surface area contributed by atoms with Crippen LogP contribution in [-0.4, -0.2) is 74.1 Å². The molecule has 0 aromatic heterocycles. The highest BCUT2D eigenvalue weighted by Gasteiger charge is 2.47. The number of aliphatic hydroxyl groups excluding tert-OH is 5. The second kappa shape index (κ2) is 4.71. The Labute approximate surface area is 86.2 Å². The van der Waals surface area contributed by atoms with Crippen molar-refractivity contribution in [3.63, 3.8) is 0 Å². The van der Waals surface area contributed by atoms with Crippen LogP contribution in [0.3, 0.4) is 0 Å². The van der Waals surface area contributed by atoms with Gasteiger partial charge in [-0.1, -0.05) is 0 Å². The summed E-state index contributed by atoms with van der Waals surface area (Å²) in [6.45, 7) is -1.46. The van der Waals surface area contributed by atoms with E-state index in [-0.39, 0.29) is 6.42 Å². The van der Waals surface area contributed by atoms with Crippen LogP contribution < -0.4 is 0 Å². The fraction of sp³-hybridized carbons (Fsp3) is 1.00. The van der Waals surface area contributed by atoms with E-state index >= 15 is 0 Å². The maximum absolute atomic E-state index is 9.55. The zero-order chi connectivity index (χ0) is 11.6. The van der Waals surface area contributed by atoms with Gasteiger partial charge in [0, 0.05) is 6.42 Å². The minimum Gasteiger partial charge on any atom is -0.394 e. The lowest BCUT2D eigenvalue weighted by Gasteiger charge is -2.42. The van der Waals surface area contributed by atoms with Crippen molar-refractivity contribution < 1.29 is 35.4 Å². The first-order valence-electron chi connectivity index (χ1n) is 4.59. The predicted molar refractivity (Wildman–Crippen MR) is 46.6 cm³/mol. The molecule has 15 heavy (non-hydrogen) atoms. The van der Waals surface area contributed by atoms with Gasteiger partial charge < -0.3 is 35.4 Å². The lowest BCUT2D eigenvalue weighted by Crippen LogP contribution is -2.60. The maximum Gasteiger partial charge on any atom is 0.192 e. The summed E-state index contributed by atoms with van der Waals surface area (Å²) in [7, 11) is 0. The molecule has 1 aliphatic heterocycles. The third-order valence-corrected chi connectivity index (χ3v) is 2.43. The lowest BCUT2D eigenvalue weighted by molar-refractivity contribution is -0.326. The van der Waals surface area contributed by atoms with Gasteiger partial charge >= 0.3 is 0 Å². The van der Waals surface area contributed by atoms with Gasteiger partial charge in [-0.15, -0.1) is 0 Å². The third kappa shape index (κ3) is 2.64. The molecule has 0 amide bonds. The van der Waals surface area contributed by atoms with Gasteiger partial charge in [0.25, 0.3) is 0 Å². The number of rotatable bonds is 3. The van der Waals surface area contributed by atoms with E-state index in [0.717, 1.165) is 0 Å². The van der Waals surface area contributed by atoms with Gasteiger partial charge in [0.2, 0.25) is 0 Å². The molecule has 1 rings (SSSR count). The molecule has 1 heterocycles. The Morgan fingerprint density at radius 3 is 2.40 bits per heavy atom. The summed E-state index contributed by atoms with van der Waals surface area (Å²) in [5.41, 5.74) is 0. The Balaban J connectivity index is 2.77. The van der Waals surface area contributed by atoms with Crippen molar-refractivity contribution in [3.05, 3.63) is 0 Å². The number of ether oxygens (including phenoxy) is 1. The topological polar surface area (TPSA) is 131 Å². The molecule has 0 aromatic rings. The zero-order valence-corrected chi connectivity index (χ0v) is 8.02. The summed E-state index contributed by atoms with van der Waals surface area (Å²) in [6, 6.07) is 0. The second-order valence-corrected chi connectivity index (χ2v) is 3.70. The average Bonchev–Trinajstić information content (AvgIpc) is 2.22. The lowest BCUT2D eigenvalue weighted by atomic mass is 9.93. The van der Waals surface area contributed by atoms with E-state index < -0.39 is 43.4 Å². The molecule has 7 heteroatoms. The van der Waals surface area contributed by atoms with E-state index in [1.54, 1.807) is 0 Å². The Bertz CT molecular complexity index is 211. The Morgan fingerprint density at radius 1 is 1.33 bits per heavy atom. The first kappa shape index (κ1) is 12.8. The van der Waals surface area contributed by atoms with Gasteiger partial charge in [0.1, 0.15) is 18.3 Å². The van der Waals surface area contributed by atoms with E-state index in [9.17, 15) is 20.4 Å². The standard InChI is InChI=1S/C8H16O7/c9-2-5(12)7-6(13)4(11)1-8(14,3-10)15-7/h4-7,9-14H,1-3H2/t4-,5-,6-,7-,8-/m1/s1. The summed E-state index contributed by atoms with van der Waals surface area (Å²) in [5.74, 6) is -2.00. The van der Waals surface area contributed by atoms with Crippen LogP contribution in [0.5, 0.6) is 0 Å². The molecule has 1 fully saturated rings. The molecule has 0 unspecified atom stereocenters. The molecule has 7 nitrogen and oxygen atoms in total. The van der Waals surface area contributed by atoms with Gasteiger partial charge in [-0.2, -0.15) is 0 Å². The molecule has 1 saturated heterocycles. The second-order valence-electron chi connectivity index (χ2n) is 3.70. The van der Waals surface area contributed by atoms with E-state index in [2.05, 4.69) is 0 Å². The molecule has 0 aliphatic carbocycles. The van der Waals surface area contributed by atoms with Gasteiger partial charge in [-0.3, -0.25) is 0 Å². The fourth-order valence-corrected chi connectivity index (χ4v) is 1.55. The Hall–Kier alpha value is -0.280. The summed E-state index contributed by atoms with van der Waals surface area (Å²) in [5, 5.41) is 55.1. The summed E-state index contributed by atoms with van der Waals surface area (Å²) in [4.78, 5) is 0. The van der Waals surface area contributed by atoms with Crippen molar-refractivity contribution >= 4 is 0 Å². The fourth-order valence-electron chi connectivity index (χ4n) is 1.55. The molecule has 6 N–H and O–H groups in total. The van der Waals surface area contributed by atoms with Gasteiger partial charge in [0.05, 0.1) is 19.3 Å². The molecule has 90 valence electrons. The quantitative estimate of drug-likeness (QED) is 0.293. The van der Waals surface area contributed by atoms with Crippen LogP contribution in [0.2, 0.25) is 0 Å². The van der Waals surface area contributed by atoms with E-state index in [4.69, 9.17) is 14.9 Å². The van der Waals surface area contributed by atoms with Crippen LogP contribution in [0.15, 0.2) is 0 Å². The van der Waals surface area contributed by atoms with Crippen LogP contribution in [-0.2, 0) is 4.74 Å². The van der Waals surface area contributed by atoms with Gasteiger partial charge in [-0.25, -0.2) is 0 Å². The van der Waals surface area contributed by atoms with Crippen molar-refractivity contribution in [1.82, 2.24) is 0 Å². The molecule has 5 atom stereocenters. The molecular weight excluding hydrogens is 208 g/mol. The molecule has 0 saturated carbocycles. The third-order valence-electron chi connectivity index (χ3n) is 2.43. The highest BCUT2D eigenvalue weighted by molar-refractivity contribution is 4.91. The largest absolute Gasteiger partial charge is 0.394 e. The average molecular weight is 224 g/mol. The maximum atomic E-state index is 9.55. The molecule has 0 radical (unpaired) electrons. The number of hydrogen-bond donors (Lipinski definition) is 6.